The van der Waals surface area contributed by atoms with Crippen LogP contribution in [-0.4, -0.2) is 45.7 Å². The van der Waals surface area contributed by atoms with Crippen molar-refractivity contribution in [1.29, 1.82) is 0 Å². The molecule has 46 heavy (non-hydrogen) atoms. The number of benzene rings is 2. The highest BCUT2D eigenvalue weighted by Crippen LogP contribution is 2.36. The van der Waals surface area contributed by atoms with E-state index in [1.165, 1.54) is 24.7 Å². The fraction of sp³-hybridized carbons (Fsp3) is 0.219. The molecule has 0 radical (unpaired) electrons. The number of aromatic nitrogens is 4. The molecule has 1 aliphatic rings. The molecule has 10 nitrogen and oxygen atoms in total. The van der Waals surface area contributed by atoms with E-state index in [0.717, 1.165) is 60.3 Å². The summed E-state index contributed by atoms with van der Waals surface area (Å²) in [6.07, 6.45) is 5.07. The molecule has 0 unspecified atom stereocenters. The van der Waals surface area contributed by atoms with Crippen LogP contribution in [0.5, 0.6) is 11.8 Å². The Morgan fingerprint density at radius 2 is 1.72 bits per heavy atom. The first-order chi connectivity index (χ1) is 22.3. The number of anilines is 3. The van der Waals surface area contributed by atoms with Gasteiger partial charge in [0.15, 0.2) is 5.13 Å². The highest BCUT2D eigenvalue weighted by atomic mass is 32.1. The molecule has 0 spiro atoms. The van der Waals surface area contributed by atoms with Crippen LogP contribution in [0.1, 0.15) is 18.4 Å². The predicted molar refractivity (Wildman–Crippen MR) is 169 cm³/mol. The van der Waals surface area contributed by atoms with Crippen molar-refractivity contribution in [2.24, 2.45) is 5.92 Å². The van der Waals surface area contributed by atoms with E-state index < -0.39 is 17.8 Å². The van der Waals surface area contributed by atoms with Crippen molar-refractivity contribution < 1.29 is 27.4 Å². The number of hydrogen-bond donors (Lipinski definition) is 3. The van der Waals surface area contributed by atoms with Gasteiger partial charge in [0.1, 0.15) is 5.75 Å². The van der Waals surface area contributed by atoms with Gasteiger partial charge < -0.3 is 25.4 Å². The van der Waals surface area contributed by atoms with Gasteiger partial charge in [0, 0.05) is 49.5 Å². The van der Waals surface area contributed by atoms with Crippen molar-refractivity contribution in [1.82, 2.24) is 19.9 Å². The number of carbonyl (C=O) groups excluding carboxylic acids is 1. The van der Waals surface area contributed by atoms with Crippen molar-refractivity contribution in [3.05, 3.63) is 91.1 Å². The van der Waals surface area contributed by atoms with Crippen LogP contribution >= 0.6 is 11.3 Å². The average molecular weight is 648 g/mol. The standard InChI is InChI=1S/C32H28F3N7O3S/c33-32(34,35)23-5-8-26(22-2-1-11-36-16-22)27(14-23)42-29(43)41-24-17-37-30(38-18-24)45-25-6-3-21(4-7-25)28-19-40-31(46-28)39-15-20-9-12-44-13-10-20/h1-8,11,14,16-20H,9-10,12-13,15H2,(H,39,40)(H2,41,42,43). The summed E-state index contributed by atoms with van der Waals surface area (Å²) in [5.41, 5.74) is 1.18. The van der Waals surface area contributed by atoms with Gasteiger partial charge in [-0.3, -0.25) is 4.98 Å². The summed E-state index contributed by atoms with van der Waals surface area (Å²) in [5, 5.41) is 9.33. The third-order valence-electron chi connectivity index (χ3n) is 7.19. The fourth-order valence-electron chi connectivity index (χ4n) is 4.78. The van der Waals surface area contributed by atoms with Crippen LogP contribution in [0.15, 0.2) is 85.6 Å². The molecule has 0 bridgehead atoms. The van der Waals surface area contributed by atoms with Crippen molar-refractivity contribution in [2.75, 3.05) is 35.7 Å². The first-order valence-corrected chi connectivity index (χ1v) is 15.2. The molecule has 1 saturated heterocycles. The van der Waals surface area contributed by atoms with Gasteiger partial charge in [-0.1, -0.05) is 23.5 Å². The Kier molecular flexibility index (Phi) is 9.36. The second-order valence-corrected chi connectivity index (χ2v) is 11.5. The zero-order valence-corrected chi connectivity index (χ0v) is 25.1. The smallest absolute Gasteiger partial charge is 0.416 e. The van der Waals surface area contributed by atoms with Gasteiger partial charge in [-0.25, -0.2) is 19.7 Å². The maximum atomic E-state index is 13.4. The zero-order chi connectivity index (χ0) is 31.9. The molecule has 5 aromatic rings. The van der Waals surface area contributed by atoms with Crippen LogP contribution in [0, 0.1) is 5.92 Å². The number of ether oxygens (including phenoxy) is 2. The van der Waals surface area contributed by atoms with E-state index in [1.54, 1.807) is 41.8 Å². The summed E-state index contributed by atoms with van der Waals surface area (Å²) >= 11 is 1.58. The molecule has 4 heterocycles. The number of thiazole rings is 1. The number of urea groups is 1. The van der Waals surface area contributed by atoms with E-state index in [0.29, 0.717) is 22.8 Å². The highest BCUT2D eigenvalue weighted by Gasteiger charge is 2.31. The van der Waals surface area contributed by atoms with Gasteiger partial charge in [0.05, 0.1) is 34.2 Å². The number of pyridine rings is 1. The Hall–Kier alpha value is -5.08. The SMILES string of the molecule is O=C(Nc1cnc(Oc2ccc(-c3cnc(NCC4CCOCC4)s3)cc2)nc1)Nc1cc(C(F)(F)F)ccc1-c1cccnc1. The number of alkyl halides is 3. The molecular formula is C32H28F3N7O3S. The van der Waals surface area contributed by atoms with Crippen LogP contribution in [-0.2, 0) is 10.9 Å². The molecular weight excluding hydrogens is 619 g/mol. The summed E-state index contributed by atoms with van der Waals surface area (Å²) < 4.78 is 51.3. The van der Waals surface area contributed by atoms with Crippen molar-refractivity contribution >= 4 is 33.9 Å². The number of rotatable bonds is 9. The fourth-order valence-corrected chi connectivity index (χ4v) is 5.61. The first-order valence-electron chi connectivity index (χ1n) is 14.4. The molecule has 1 fully saturated rings. The van der Waals surface area contributed by atoms with Gasteiger partial charge in [0.2, 0.25) is 0 Å². The van der Waals surface area contributed by atoms with Crippen LogP contribution in [0.3, 0.4) is 0 Å². The molecule has 3 N–H and O–H groups in total. The second-order valence-electron chi connectivity index (χ2n) is 10.4. The third kappa shape index (κ3) is 7.95. The van der Waals surface area contributed by atoms with Gasteiger partial charge in [0.25, 0.3) is 0 Å². The highest BCUT2D eigenvalue weighted by molar-refractivity contribution is 7.18. The van der Waals surface area contributed by atoms with Crippen molar-refractivity contribution in [2.45, 2.75) is 19.0 Å². The molecule has 3 aromatic heterocycles. The summed E-state index contributed by atoms with van der Waals surface area (Å²) in [6.45, 7) is 2.51. The first kappa shape index (κ1) is 30.9. The molecule has 0 atom stereocenters. The lowest BCUT2D eigenvalue weighted by molar-refractivity contribution is -0.137. The largest absolute Gasteiger partial charge is 0.424 e. The molecule has 1 aliphatic heterocycles. The predicted octanol–water partition coefficient (Wildman–Crippen LogP) is 7.96. The third-order valence-corrected chi connectivity index (χ3v) is 8.19. The molecule has 2 amide bonds. The lowest BCUT2D eigenvalue weighted by atomic mass is 10.0. The molecule has 2 aromatic carbocycles. The van der Waals surface area contributed by atoms with E-state index in [-0.39, 0.29) is 17.4 Å². The minimum Gasteiger partial charge on any atom is -0.424 e. The van der Waals surface area contributed by atoms with Crippen LogP contribution in [0.2, 0.25) is 0 Å². The van der Waals surface area contributed by atoms with E-state index >= 15 is 0 Å². The van der Waals surface area contributed by atoms with Crippen LogP contribution < -0.4 is 20.7 Å². The van der Waals surface area contributed by atoms with E-state index in [1.807, 2.05) is 18.3 Å². The molecule has 14 heteroatoms. The monoisotopic (exact) mass is 647 g/mol. The van der Waals surface area contributed by atoms with Gasteiger partial charge in [-0.15, -0.1) is 0 Å². The minimum atomic E-state index is -4.59. The Bertz CT molecular complexity index is 1760. The lowest BCUT2D eigenvalue weighted by Crippen LogP contribution is -2.22. The van der Waals surface area contributed by atoms with Gasteiger partial charge in [-0.05, 0) is 66.8 Å². The van der Waals surface area contributed by atoms with Crippen molar-refractivity contribution in [3.63, 3.8) is 0 Å². The normalized spacial score (nSPS) is 13.6. The summed E-state index contributed by atoms with van der Waals surface area (Å²) in [7, 11) is 0. The maximum Gasteiger partial charge on any atom is 0.416 e. The Balaban J connectivity index is 1.05. The Labute approximate surface area is 266 Å². The quantitative estimate of drug-likeness (QED) is 0.147. The van der Waals surface area contributed by atoms with Gasteiger partial charge >= 0.3 is 18.2 Å². The number of nitrogens with zero attached hydrogens (tertiary/aromatic N) is 4. The summed E-state index contributed by atoms with van der Waals surface area (Å²) in [4.78, 5) is 30.5. The van der Waals surface area contributed by atoms with E-state index in [2.05, 4.69) is 35.9 Å². The lowest BCUT2D eigenvalue weighted by Gasteiger charge is -2.21. The molecule has 0 saturated carbocycles. The van der Waals surface area contributed by atoms with E-state index in [9.17, 15) is 18.0 Å². The Morgan fingerprint density at radius 3 is 2.43 bits per heavy atom. The maximum absolute atomic E-state index is 13.4. The van der Waals surface area contributed by atoms with Gasteiger partial charge in [-0.2, -0.15) is 13.2 Å². The van der Waals surface area contributed by atoms with Crippen molar-refractivity contribution in [3.8, 4) is 33.3 Å². The number of hydrogen-bond acceptors (Lipinski definition) is 9. The number of carbonyl (C=O) groups is 1. The second kappa shape index (κ2) is 13.9. The topological polar surface area (TPSA) is 123 Å². The molecule has 236 valence electrons. The number of halogens is 3. The summed E-state index contributed by atoms with van der Waals surface area (Å²) in [6, 6.07) is 13.1. The average Bonchev–Trinajstić information content (AvgIpc) is 3.55. The number of nitrogens with one attached hydrogen (secondary N) is 3. The Morgan fingerprint density at radius 1 is 0.935 bits per heavy atom. The zero-order valence-electron chi connectivity index (χ0n) is 24.3. The number of amides is 2. The van der Waals surface area contributed by atoms with Crippen LogP contribution in [0.25, 0.3) is 21.6 Å². The molecule has 0 aliphatic carbocycles. The van der Waals surface area contributed by atoms with E-state index in [4.69, 9.17) is 9.47 Å². The minimum absolute atomic E-state index is 0.0366. The summed E-state index contributed by atoms with van der Waals surface area (Å²) in [5.74, 6) is 1.11. The molecule has 6 rings (SSSR count). The van der Waals surface area contributed by atoms with Crippen LogP contribution in [0.4, 0.5) is 34.5 Å².